The topological polar surface area (TPSA) is 74.6 Å². The molecule has 0 aromatic rings. The minimum absolute atomic E-state index is 0. The van der Waals surface area contributed by atoms with E-state index in [-0.39, 0.29) is 47.1 Å². The van der Waals surface area contributed by atoms with Crippen LogP contribution in [0.25, 0.3) is 0 Å². The van der Waals surface area contributed by atoms with E-state index in [4.69, 9.17) is 19.8 Å². The minimum atomic E-state index is -0.250. The molecule has 0 aromatic carbocycles. The maximum atomic E-state index is 8.36. The molecule has 0 saturated carbocycles. The van der Waals surface area contributed by atoms with Gasteiger partial charge < -0.3 is 22.6 Å². The van der Waals surface area contributed by atoms with E-state index in [1.807, 2.05) is 0 Å². The van der Waals surface area contributed by atoms with E-state index in [0.717, 1.165) is 0 Å². The van der Waals surface area contributed by atoms with Crippen molar-refractivity contribution < 1.29 is 53.9 Å². The van der Waals surface area contributed by atoms with Crippen LogP contribution < -0.4 is 12.4 Å². The summed E-state index contributed by atoms with van der Waals surface area (Å²) in [7, 11) is 0. The molecular weight excluding hydrogens is 327 g/mol. The molecule has 0 fully saturated rings. The van der Waals surface area contributed by atoms with Crippen molar-refractivity contribution in [1.29, 1.82) is 0 Å². The van der Waals surface area contributed by atoms with Crippen LogP contribution in [-0.2, 0) is 31.3 Å². The predicted molar refractivity (Wildman–Crippen MR) is 72.7 cm³/mol. The van der Waals surface area contributed by atoms with Gasteiger partial charge in [-0.15, -0.1) is 12.0 Å². The van der Waals surface area contributed by atoms with Crippen LogP contribution in [0.15, 0.2) is 22.3 Å². The van der Waals surface area contributed by atoms with E-state index >= 15 is 0 Å². The molecule has 0 bridgehead atoms. The Morgan fingerprint density at radius 1 is 0.905 bits per heavy atom. The van der Waals surface area contributed by atoms with Gasteiger partial charge in [-0.05, 0) is 25.7 Å². The van der Waals surface area contributed by atoms with Crippen LogP contribution in [0, 0.1) is 6.42 Å². The molecule has 3 aliphatic rings. The van der Waals surface area contributed by atoms with E-state index in [1.54, 1.807) is 22.3 Å². The Kier molecular flexibility index (Phi) is 14.0. The van der Waals surface area contributed by atoms with Gasteiger partial charge in [-0.25, -0.2) is 12.0 Å². The summed E-state index contributed by atoms with van der Waals surface area (Å²) in [5.74, 6) is 0. The molecule has 0 amide bonds. The number of allylic oxidation sites excluding steroid dienone is 4. The zero-order valence-electron chi connectivity index (χ0n) is 12.0. The van der Waals surface area contributed by atoms with E-state index in [2.05, 4.69) is 6.42 Å². The third-order valence-electron chi connectivity index (χ3n) is 3.76. The number of hydrogen-bond acceptors (Lipinski definition) is 2. The Bertz CT molecular complexity index is 355. The summed E-state index contributed by atoms with van der Waals surface area (Å²) < 4.78 is 0. The zero-order chi connectivity index (χ0) is 14.1. The molecule has 21 heavy (non-hydrogen) atoms. The van der Waals surface area contributed by atoms with Crippen LogP contribution in [0.2, 0.25) is 0 Å². The fraction of sp³-hybridized carbons (Fsp3) is 0.533. The van der Waals surface area contributed by atoms with Crippen LogP contribution in [0.1, 0.15) is 51.4 Å². The summed E-state index contributed by atoms with van der Waals surface area (Å²) in [6, 6.07) is 0. The molecule has 0 atom stereocenters. The first-order valence-corrected chi connectivity index (χ1v) is 6.70. The third-order valence-corrected chi connectivity index (χ3v) is 3.76. The third kappa shape index (κ3) is 6.72. The Morgan fingerprint density at radius 3 is 2.05 bits per heavy atom. The van der Waals surface area contributed by atoms with Crippen molar-refractivity contribution >= 4 is 12.9 Å². The van der Waals surface area contributed by atoms with Crippen LogP contribution >= 0.6 is 0 Å². The Labute approximate surface area is 147 Å². The van der Waals surface area contributed by atoms with Crippen LogP contribution in [0.5, 0.6) is 0 Å². The molecule has 0 radical (unpaired) electrons. The van der Waals surface area contributed by atoms with Gasteiger partial charge in [-0.3, -0.25) is 9.59 Å². The van der Waals surface area contributed by atoms with Gasteiger partial charge in [-0.2, -0.15) is 5.57 Å². The van der Waals surface area contributed by atoms with Crippen molar-refractivity contribution in [3.8, 4) is 0 Å². The number of fused-ring (bicyclic) bond motifs is 1. The first-order chi connectivity index (χ1) is 9.28. The van der Waals surface area contributed by atoms with Crippen molar-refractivity contribution in [1.82, 2.24) is 0 Å². The quantitative estimate of drug-likeness (QED) is 0.376. The van der Waals surface area contributed by atoms with Gasteiger partial charge in [0.2, 0.25) is 0 Å². The normalized spacial score (nSPS) is 17.9. The SMILES string of the molecule is O=CO.O=CO.[CH-]1CCCC2=C1CC1=C2CCCC1.[Cl-].[Ti]. The molecular formula is C15H21ClO4Ti-2. The summed E-state index contributed by atoms with van der Waals surface area (Å²) in [6.07, 6.45) is 13.6. The maximum Gasteiger partial charge on any atom is 0.290 e. The van der Waals surface area contributed by atoms with Gasteiger partial charge in [0, 0.05) is 21.7 Å². The predicted octanol–water partition coefficient (Wildman–Crippen LogP) is 0.349. The van der Waals surface area contributed by atoms with Crippen LogP contribution in [0.4, 0.5) is 0 Å². The molecule has 0 unspecified atom stereocenters. The first-order valence-electron chi connectivity index (χ1n) is 6.70. The molecule has 0 heterocycles. The van der Waals surface area contributed by atoms with E-state index in [0.29, 0.717) is 0 Å². The first kappa shape index (κ1) is 22.6. The van der Waals surface area contributed by atoms with Crippen molar-refractivity contribution in [2.24, 2.45) is 0 Å². The van der Waals surface area contributed by atoms with E-state index in [1.165, 1.54) is 51.4 Å². The molecule has 118 valence electrons. The average Bonchev–Trinajstić information content (AvgIpc) is 2.79. The summed E-state index contributed by atoms with van der Waals surface area (Å²) in [4.78, 5) is 16.7. The number of carboxylic acid groups (broad SMARTS) is 2. The average molecular weight is 349 g/mol. The minimum Gasteiger partial charge on any atom is -1.00 e. The monoisotopic (exact) mass is 348 g/mol. The van der Waals surface area contributed by atoms with Crippen LogP contribution in [0.3, 0.4) is 0 Å². The molecule has 0 saturated heterocycles. The van der Waals surface area contributed by atoms with Gasteiger partial charge in [0.25, 0.3) is 12.9 Å². The van der Waals surface area contributed by atoms with E-state index in [9.17, 15) is 0 Å². The number of halogens is 1. The maximum absolute atomic E-state index is 8.36. The molecule has 4 nitrogen and oxygen atoms in total. The van der Waals surface area contributed by atoms with Crippen molar-refractivity contribution in [3.63, 3.8) is 0 Å². The number of carbonyl (C=O) groups is 2. The van der Waals surface area contributed by atoms with Crippen molar-refractivity contribution in [2.75, 3.05) is 0 Å². The van der Waals surface area contributed by atoms with Gasteiger partial charge in [0.05, 0.1) is 0 Å². The molecule has 3 aliphatic carbocycles. The largest absolute Gasteiger partial charge is 1.00 e. The summed E-state index contributed by atoms with van der Waals surface area (Å²) in [5, 5.41) is 13.8. The molecule has 2 N–H and O–H groups in total. The number of rotatable bonds is 0. The molecule has 0 aromatic heterocycles. The smallest absolute Gasteiger partial charge is 0.290 e. The Hall–Kier alpha value is -0.706. The van der Waals surface area contributed by atoms with E-state index < -0.39 is 0 Å². The summed E-state index contributed by atoms with van der Waals surface area (Å²) >= 11 is 0. The second-order valence-electron chi connectivity index (χ2n) is 4.78. The van der Waals surface area contributed by atoms with Crippen LogP contribution in [-0.4, -0.2) is 23.2 Å². The van der Waals surface area contributed by atoms with Gasteiger partial charge in [0.1, 0.15) is 0 Å². The molecule has 0 spiro atoms. The fourth-order valence-corrected chi connectivity index (χ4v) is 3.12. The standard InChI is InChI=1S/C13H17.2CH2O2.ClH.Ti/c1-3-7-12-10(5-1)9-11-6-2-4-8-13(11)12;2*2-1-3;;/h5H,1-4,6-9H2;2*1H,(H,2,3);1H;/q-1;;;;/p-1. The van der Waals surface area contributed by atoms with Crippen molar-refractivity contribution in [3.05, 3.63) is 28.7 Å². The van der Waals surface area contributed by atoms with Gasteiger partial charge in [-0.1, -0.05) is 24.8 Å². The zero-order valence-corrected chi connectivity index (χ0v) is 14.3. The molecule has 0 aliphatic heterocycles. The Morgan fingerprint density at radius 2 is 1.43 bits per heavy atom. The van der Waals surface area contributed by atoms with Gasteiger partial charge in [0.15, 0.2) is 0 Å². The number of hydrogen-bond donors (Lipinski definition) is 2. The second-order valence-corrected chi connectivity index (χ2v) is 4.78. The summed E-state index contributed by atoms with van der Waals surface area (Å²) in [6.45, 7) is -0.500. The Balaban J connectivity index is 0. The van der Waals surface area contributed by atoms with Crippen molar-refractivity contribution in [2.45, 2.75) is 51.4 Å². The summed E-state index contributed by atoms with van der Waals surface area (Å²) in [5.41, 5.74) is 7.06. The van der Waals surface area contributed by atoms with Gasteiger partial charge >= 0.3 is 0 Å². The molecule has 6 heteroatoms. The fourth-order valence-electron chi connectivity index (χ4n) is 3.12. The second kappa shape index (κ2) is 13.0. The molecule has 3 rings (SSSR count).